The molecule has 4 N–H and O–H groups in total. The Morgan fingerprint density at radius 2 is 2.06 bits per heavy atom. The predicted octanol–water partition coefficient (Wildman–Crippen LogP) is 2.65. The van der Waals surface area contributed by atoms with E-state index in [4.69, 9.17) is 0 Å². The first-order valence-electron chi connectivity index (χ1n) is 11.8. The molecule has 1 fully saturated rings. The van der Waals surface area contributed by atoms with Crippen LogP contribution in [-0.4, -0.2) is 49.8 Å². The van der Waals surface area contributed by atoms with Crippen molar-refractivity contribution in [1.29, 1.82) is 0 Å². The van der Waals surface area contributed by atoms with Gasteiger partial charge in [0.05, 0.1) is 11.9 Å². The molecular formula is C26H37N5. The average molecular weight is 420 g/mol. The third kappa shape index (κ3) is 6.11. The van der Waals surface area contributed by atoms with Gasteiger partial charge in [-0.1, -0.05) is 37.8 Å². The highest BCUT2D eigenvalue weighted by molar-refractivity contribution is 5.40. The second-order valence-corrected chi connectivity index (χ2v) is 9.08. The summed E-state index contributed by atoms with van der Waals surface area (Å²) in [6, 6.07) is 9.41. The molecule has 3 aliphatic heterocycles. The summed E-state index contributed by atoms with van der Waals surface area (Å²) in [5.41, 5.74) is 8.27. The molecule has 0 amide bonds. The number of nitrogens with one attached hydrogen (secondary N) is 4. The van der Waals surface area contributed by atoms with Crippen LogP contribution in [0.25, 0.3) is 0 Å². The van der Waals surface area contributed by atoms with Crippen molar-refractivity contribution in [2.24, 2.45) is 5.92 Å². The zero-order chi connectivity index (χ0) is 21.5. The molecule has 3 aliphatic rings. The Balaban J connectivity index is 1.26. The summed E-state index contributed by atoms with van der Waals surface area (Å²) in [5.74, 6) is 0.545. The summed E-state index contributed by atoms with van der Waals surface area (Å²) >= 11 is 0. The van der Waals surface area contributed by atoms with Gasteiger partial charge in [0.25, 0.3) is 0 Å². The van der Waals surface area contributed by atoms with E-state index < -0.39 is 0 Å². The normalized spacial score (nSPS) is 22.6. The predicted molar refractivity (Wildman–Crippen MR) is 128 cm³/mol. The van der Waals surface area contributed by atoms with Gasteiger partial charge in [-0.2, -0.15) is 0 Å². The number of hydrogen-bond donors (Lipinski definition) is 4. The Labute approximate surface area is 187 Å². The van der Waals surface area contributed by atoms with E-state index in [1.807, 2.05) is 6.20 Å². The molecule has 2 unspecified atom stereocenters. The fourth-order valence-electron chi connectivity index (χ4n) is 4.79. The lowest BCUT2D eigenvalue weighted by molar-refractivity contribution is 0.219. The topological polar surface area (TPSA) is 51.4 Å². The zero-order valence-corrected chi connectivity index (χ0v) is 18.8. The SMILES string of the molecule is C=C=C(NCC(C)CN1CCc2ccccc2C1)C1=CC(NC2CCNCC2)NC=C1. The smallest absolute Gasteiger partial charge is 0.0968 e. The van der Waals surface area contributed by atoms with E-state index in [-0.39, 0.29) is 6.17 Å². The van der Waals surface area contributed by atoms with Crippen LogP contribution in [0.5, 0.6) is 0 Å². The molecular weight excluding hydrogens is 382 g/mol. The summed E-state index contributed by atoms with van der Waals surface area (Å²) in [6.07, 6.45) is 10.0. The van der Waals surface area contributed by atoms with Crippen LogP contribution in [0.2, 0.25) is 0 Å². The van der Waals surface area contributed by atoms with E-state index in [0.29, 0.717) is 12.0 Å². The number of fused-ring (bicyclic) bond motifs is 1. The van der Waals surface area contributed by atoms with Crippen molar-refractivity contribution in [2.75, 3.05) is 32.7 Å². The van der Waals surface area contributed by atoms with E-state index in [2.05, 4.69) is 81.8 Å². The zero-order valence-electron chi connectivity index (χ0n) is 18.8. The minimum absolute atomic E-state index is 0.152. The Morgan fingerprint density at radius 3 is 2.87 bits per heavy atom. The largest absolute Gasteiger partial charge is 0.378 e. The molecule has 2 atom stereocenters. The molecule has 0 bridgehead atoms. The van der Waals surface area contributed by atoms with E-state index in [9.17, 15) is 0 Å². The second-order valence-electron chi connectivity index (χ2n) is 9.08. The maximum absolute atomic E-state index is 3.94. The Hall–Kier alpha value is -2.30. The Kier molecular flexibility index (Phi) is 7.66. The molecule has 1 aromatic carbocycles. The van der Waals surface area contributed by atoms with Crippen LogP contribution < -0.4 is 21.3 Å². The molecule has 31 heavy (non-hydrogen) atoms. The monoisotopic (exact) mass is 419 g/mol. The standard InChI is InChI=1S/C26H37N5/c1-3-25(22-8-14-28-26(16-22)30-24-9-12-27-13-10-24)29-17-20(2)18-31-15-11-21-6-4-5-7-23(21)19-31/h4-8,14,16,20,24,26-30H,1,9-13,15,17-19H2,2H3. The van der Waals surface area contributed by atoms with Crippen molar-refractivity contribution < 1.29 is 0 Å². The highest BCUT2D eigenvalue weighted by atomic mass is 15.1. The minimum atomic E-state index is 0.152. The van der Waals surface area contributed by atoms with Gasteiger partial charge in [-0.05, 0) is 67.7 Å². The number of dihydropyridines is 1. The fraction of sp³-hybridized carbons (Fsp3) is 0.500. The molecule has 0 spiro atoms. The lowest BCUT2D eigenvalue weighted by Gasteiger charge is -2.31. The van der Waals surface area contributed by atoms with E-state index in [0.717, 1.165) is 57.0 Å². The number of hydrogen-bond acceptors (Lipinski definition) is 5. The third-order valence-electron chi connectivity index (χ3n) is 6.51. The number of benzene rings is 1. The molecule has 1 aromatic rings. The van der Waals surface area contributed by atoms with Gasteiger partial charge in [-0.3, -0.25) is 10.2 Å². The highest BCUT2D eigenvalue weighted by Gasteiger charge is 2.20. The van der Waals surface area contributed by atoms with Crippen molar-refractivity contribution >= 4 is 0 Å². The van der Waals surface area contributed by atoms with Crippen LogP contribution in [0.4, 0.5) is 0 Å². The molecule has 166 valence electrons. The highest BCUT2D eigenvalue weighted by Crippen LogP contribution is 2.19. The van der Waals surface area contributed by atoms with Crippen LogP contribution in [0.3, 0.4) is 0 Å². The number of nitrogens with zero attached hydrogens (tertiary/aromatic N) is 1. The van der Waals surface area contributed by atoms with Crippen molar-refractivity contribution in [1.82, 2.24) is 26.2 Å². The average Bonchev–Trinajstić information content (AvgIpc) is 2.80. The summed E-state index contributed by atoms with van der Waals surface area (Å²) in [7, 11) is 0. The van der Waals surface area contributed by atoms with Gasteiger partial charge in [0.15, 0.2) is 0 Å². The maximum atomic E-state index is 3.94. The first-order valence-corrected chi connectivity index (χ1v) is 11.8. The van der Waals surface area contributed by atoms with E-state index >= 15 is 0 Å². The molecule has 5 heteroatoms. The van der Waals surface area contributed by atoms with Crippen LogP contribution >= 0.6 is 0 Å². The van der Waals surface area contributed by atoms with Gasteiger partial charge >= 0.3 is 0 Å². The number of rotatable bonds is 8. The Bertz CT molecular complexity index is 845. The van der Waals surface area contributed by atoms with Gasteiger partial charge in [0, 0.05) is 37.8 Å². The Morgan fingerprint density at radius 1 is 1.26 bits per heavy atom. The molecule has 4 rings (SSSR count). The third-order valence-corrected chi connectivity index (χ3v) is 6.51. The lowest BCUT2D eigenvalue weighted by atomic mass is 9.99. The summed E-state index contributed by atoms with van der Waals surface area (Å²) in [5, 5.41) is 14.2. The second kappa shape index (κ2) is 10.8. The van der Waals surface area contributed by atoms with Crippen molar-refractivity contribution in [2.45, 2.75) is 44.9 Å². The number of piperidine rings is 1. The van der Waals surface area contributed by atoms with Gasteiger partial charge in [0.2, 0.25) is 0 Å². The van der Waals surface area contributed by atoms with Gasteiger partial charge in [0.1, 0.15) is 0 Å². The molecule has 0 aromatic heterocycles. The van der Waals surface area contributed by atoms with Gasteiger partial charge < -0.3 is 16.0 Å². The maximum Gasteiger partial charge on any atom is 0.0968 e. The van der Waals surface area contributed by atoms with Crippen LogP contribution in [0, 0.1) is 5.92 Å². The van der Waals surface area contributed by atoms with Crippen LogP contribution in [0.1, 0.15) is 30.9 Å². The summed E-state index contributed by atoms with van der Waals surface area (Å²) in [4.78, 5) is 2.58. The van der Waals surface area contributed by atoms with Crippen molar-refractivity contribution in [3.05, 3.63) is 77.3 Å². The molecule has 0 aliphatic carbocycles. The van der Waals surface area contributed by atoms with Crippen LogP contribution in [0.15, 0.2) is 66.2 Å². The van der Waals surface area contributed by atoms with Crippen molar-refractivity contribution in [3.63, 3.8) is 0 Å². The van der Waals surface area contributed by atoms with Gasteiger partial charge in [-0.25, -0.2) is 0 Å². The molecule has 1 saturated heterocycles. The van der Waals surface area contributed by atoms with E-state index in [1.165, 1.54) is 24.0 Å². The summed E-state index contributed by atoms with van der Waals surface area (Å²) < 4.78 is 0. The number of allylic oxidation sites excluding steroid dienone is 1. The first kappa shape index (κ1) is 21.9. The molecule has 0 saturated carbocycles. The molecule has 3 heterocycles. The molecule has 0 radical (unpaired) electrons. The lowest BCUT2D eigenvalue weighted by Crippen LogP contribution is -2.49. The first-order chi connectivity index (χ1) is 15.2. The van der Waals surface area contributed by atoms with Gasteiger partial charge in [-0.15, -0.1) is 5.73 Å². The quantitative estimate of drug-likeness (QED) is 0.488. The van der Waals surface area contributed by atoms with Crippen molar-refractivity contribution in [3.8, 4) is 0 Å². The summed E-state index contributed by atoms with van der Waals surface area (Å²) in [6.45, 7) is 12.7. The minimum Gasteiger partial charge on any atom is -0.378 e. The molecule has 5 nitrogen and oxygen atoms in total. The van der Waals surface area contributed by atoms with E-state index in [1.54, 1.807) is 0 Å². The fourth-order valence-corrected chi connectivity index (χ4v) is 4.79. The van der Waals surface area contributed by atoms with Crippen LogP contribution in [-0.2, 0) is 13.0 Å².